The van der Waals surface area contributed by atoms with E-state index in [4.69, 9.17) is 20.8 Å². The van der Waals surface area contributed by atoms with E-state index in [0.717, 1.165) is 5.69 Å². The minimum atomic E-state index is -3.57. The van der Waals surface area contributed by atoms with Gasteiger partial charge in [0.2, 0.25) is 10.0 Å². The van der Waals surface area contributed by atoms with E-state index in [1.807, 2.05) is 0 Å². The first-order chi connectivity index (χ1) is 12.5. The zero-order valence-electron chi connectivity index (χ0n) is 13.7. The monoisotopic (exact) mass is 393 g/mol. The van der Waals surface area contributed by atoms with Crippen molar-refractivity contribution in [3.63, 3.8) is 0 Å². The topological polar surface area (TPSA) is 84.7 Å². The molecule has 0 saturated carbocycles. The molecule has 1 saturated heterocycles. The third-order valence-electron chi connectivity index (χ3n) is 4.06. The minimum absolute atomic E-state index is 0.193. The van der Waals surface area contributed by atoms with Crippen LogP contribution in [-0.4, -0.2) is 44.0 Å². The second-order valence-corrected chi connectivity index (χ2v) is 8.17. The second-order valence-electron chi connectivity index (χ2n) is 5.80. The third kappa shape index (κ3) is 3.41. The van der Waals surface area contributed by atoms with Gasteiger partial charge in [-0.2, -0.15) is 9.29 Å². The van der Waals surface area contributed by atoms with Crippen LogP contribution in [0.15, 0.2) is 51.8 Å². The second kappa shape index (κ2) is 6.88. The molecule has 0 amide bonds. The molecule has 0 bridgehead atoms. The van der Waals surface area contributed by atoms with Crippen molar-refractivity contribution in [3.05, 3.63) is 47.5 Å². The van der Waals surface area contributed by atoms with E-state index < -0.39 is 10.0 Å². The first-order valence-corrected chi connectivity index (χ1v) is 9.85. The molecule has 136 valence electrons. The van der Waals surface area contributed by atoms with Crippen LogP contribution in [0.25, 0.3) is 11.1 Å². The van der Waals surface area contributed by atoms with Gasteiger partial charge in [-0.05, 0) is 42.5 Å². The molecule has 26 heavy (non-hydrogen) atoms. The predicted octanol–water partition coefficient (Wildman–Crippen LogP) is 3.25. The van der Waals surface area contributed by atoms with Gasteiger partial charge in [-0.25, -0.2) is 8.42 Å². The maximum atomic E-state index is 12.7. The summed E-state index contributed by atoms with van der Waals surface area (Å²) in [5.41, 5.74) is 1.74. The Hall–Kier alpha value is -2.13. The van der Waals surface area contributed by atoms with Gasteiger partial charge in [-0.15, -0.1) is 0 Å². The molecule has 7 nitrogen and oxygen atoms in total. The fourth-order valence-electron chi connectivity index (χ4n) is 2.71. The van der Waals surface area contributed by atoms with Crippen LogP contribution in [0.4, 0.5) is 11.7 Å². The Labute approximate surface area is 155 Å². The van der Waals surface area contributed by atoms with Crippen LogP contribution in [-0.2, 0) is 14.8 Å². The van der Waals surface area contributed by atoms with Gasteiger partial charge in [0.25, 0.3) is 6.01 Å². The Bertz CT molecular complexity index is 1030. The van der Waals surface area contributed by atoms with Gasteiger partial charge in [-0.1, -0.05) is 11.6 Å². The summed E-state index contributed by atoms with van der Waals surface area (Å²) in [7, 11) is -3.57. The molecular formula is C17H16ClN3O4S. The van der Waals surface area contributed by atoms with E-state index in [-0.39, 0.29) is 10.9 Å². The van der Waals surface area contributed by atoms with Crippen LogP contribution in [0.2, 0.25) is 5.02 Å². The smallest absolute Gasteiger partial charge is 0.300 e. The van der Waals surface area contributed by atoms with Crippen LogP contribution in [0, 0.1) is 0 Å². The van der Waals surface area contributed by atoms with Crippen LogP contribution in [0.3, 0.4) is 0 Å². The molecule has 0 aliphatic carbocycles. The molecule has 1 N–H and O–H groups in total. The van der Waals surface area contributed by atoms with E-state index in [0.29, 0.717) is 42.4 Å². The zero-order valence-corrected chi connectivity index (χ0v) is 15.3. The maximum absolute atomic E-state index is 12.7. The van der Waals surface area contributed by atoms with Crippen molar-refractivity contribution < 1.29 is 17.6 Å². The van der Waals surface area contributed by atoms with Gasteiger partial charge in [-0.3, -0.25) is 0 Å². The maximum Gasteiger partial charge on any atom is 0.300 e. The molecular weight excluding hydrogens is 378 g/mol. The molecule has 0 atom stereocenters. The number of fused-ring (bicyclic) bond motifs is 1. The van der Waals surface area contributed by atoms with Gasteiger partial charge in [0.05, 0.1) is 18.1 Å². The lowest BCUT2D eigenvalue weighted by atomic mass is 10.3. The Morgan fingerprint density at radius 1 is 1.08 bits per heavy atom. The molecule has 1 aliphatic heterocycles. The summed E-state index contributed by atoms with van der Waals surface area (Å²) < 4.78 is 37.8. The van der Waals surface area contributed by atoms with E-state index in [1.165, 1.54) is 16.4 Å². The number of morpholine rings is 1. The molecule has 3 aromatic rings. The van der Waals surface area contributed by atoms with Crippen LogP contribution < -0.4 is 5.32 Å². The molecule has 4 rings (SSSR count). The lowest BCUT2D eigenvalue weighted by molar-refractivity contribution is 0.0730. The Balaban J connectivity index is 1.62. The summed E-state index contributed by atoms with van der Waals surface area (Å²) in [6.07, 6.45) is 0. The number of ether oxygens (including phenoxy) is 1. The third-order valence-corrected chi connectivity index (χ3v) is 6.21. The number of benzene rings is 2. The number of rotatable bonds is 4. The van der Waals surface area contributed by atoms with Gasteiger partial charge in [0.15, 0.2) is 5.58 Å². The number of oxazole rings is 1. The summed E-state index contributed by atoms with van der Waals surface area (Å²) in [4.78, 5) is 4.52. The number of anilines is 2. The summed E-state index contributed by atoms with van der Waals surface area (Å²) >= 11 is 5.87. The standard InChI is InChI=1S/C17H16ClN3O4S/c18-12-1-3-13(4-2-12)19-17-20-15-11-14(5-6-16(15)25-17)26(22,23)21-7-9-24-10-8-21/h1-6,11H,7-10H2,(H,19,20). The van der Waals surface area contributed by atoms with Crippen LogP contribution in [0.5, 0.6) is 0 Å². The van der Waals surface area contributed by atoms with Crippen molar-refractivity contribution in [2.45, 2.75) is 4.90 Å². The van der Waals surface area contributed by atoms with Crippen molar-refractivity contribution in [2.24, 2.45) is 0 Å². The average molecular weight is 394 g/mol. The van der Waals surface area contributed by atoms with Gasteiger partial charge in [0, 0.05) is 23.8 Å². The number of halogens is 1. The van der Waals surface area contributed by atoms with Crippen molar-refractivity contribution in [2.75, 3.05) is 31.6 Å². The zero-order chi connectivity index (χ0) is 18.1. The molecule has 1 aliphatic rings. The summed E-state index contributed by atoms with van der Waals surface area (Å²) in [6.45, 7) is 1.51. The van der Waals surface area contributed by atoms with E-state index in [2.05, 4.69) is 10.3 Å². The first-order valence-electron chi connectivity index (χ1n) is 8.03. The Kier molecular flexibility index (Phi) is 4.58. The molecule has 1 fully saturated rings. The van der Waals surface area contributed by atoms with Gasteiger partial charge < -0.3 is 14.5 Å². The number of aromatic nitrogens is 1. The number of nitrogens with zero attached hydrogens (tertiary/aromatic N) is 2. The highest BCUT2D eigenvalue weighted by Gasteiger charge is 2.27. The molecule has 0 spiro atoms. The summed E-state index contributed by atoms with van der Waals surface area (Å²) in [6, 6.07) is 12.0. The SMILES string of the molecule is O=S(=O)(c1ccc2oc(Nc3ccc(Cl)cc3)nc2c1)N1CCOCC1. The highest BCUT2D eigenvalue weighted by atomic mass is 35.5. The molecule has 1 aromatic heterocycles. The molecule has 9 heteroatoms. The normalized spacial score (nSPS) is 16.0. The summed E-state index contributed by atoms with van der Waals surface area (Å²) in [5.74, 6) is 0. The van der Waals surface area contributed by atoms with E-state index in [9.17, 15) is 8.42 Å². The Morgan fingerprint density at radius 2 is 1.81 bits per heavy atom. The number of sulfonamides is 1. The summed E-state index contributed by atoms with van der Waals surface area (Å²) in [5, 5.41) is 3.66. The average Bonchev–Trinajstić information content (AvgIpc) is 3.06. The highest BCUT2D eigenvalue weighted by molar-refractivity contribution is 7.89. The molecule has 2 heterocycles. The largest absolute Gasteiger partial charge is 0.423 e. The number of hydrogen-bond acceptors (Lipinski definition) is 6. The first kappa shape index (κ1) is 17.3. The van der Waals surface area contributed by atoms with E-state index >= 15 is 0 Å². The van der Waals surface area contributed by atoms with Crippen molar-refractivity contribution in [3.8, 4) is 0 Å². The lowest BCUT2D eigenvalue weighted by Crippen LogP contribution is -2.40. The number of nitrogens with one attached hydrogen (secondary N) is 1. The number of hydrogen-bond donors (Lipinski definition) is 1. The van der Waals surface area contributed by atoms with Crippen LogP contribution in [0.1, 0.15) is 0 Å². The van der Waals surface area contributed by atoms with Gasteiger partial charge >= 0.3 is 0 Å². The van der Waals surface area contributed by atoms with Crippen molar-refractivity contribution in [1.82, 2.24) is 9.29 Å². The fourth-order valence-corrected chi connectivity index (χ4v) is 4.27. The van der Waals surface area contributed by atoms with Crippen molar-refractivity contribution >= 4 is 44.4 Å². The van der Waals surface area contributed by atoms with E-state index in [1.54, 1.807) is 30.3 Å². The molecule has 2 aromatic carbocycles. The molecule has 0 radical (unpaired) electrons. The highest BCUT2D eigenvalue weighted by Crippen LogP contribution is 2.26. The quantitative estimate of drug-likeness (QED) is 0.732. The lowest BCUT2D eigenvalue weighted by Gasteiger charge is -2.25. The fraction of sp³-hybridized carbons (Fsp3) is 0.235. The minimum Gasteiger partial charge on any atom is -0.423 e. The predicted molar refractivity (Wildman–Crippen MR) is 98.3 cm³/mol. The van der Waals surface area contributed by atoms with Crippen molar-refractivity contribution in [1.29, 1.82) is 0 Å². The Morgan fingerprint density at radius 3 is 2.54 bits per heavy atom. The molecule has 0 unspecified atom stereocenters. The van der Waals surface area contributed by atoms with Gasteiger partial charge in [0.1, 0.15) is 5.52 Å². The van der Waals surface area contributed by atoms with Crippen LogP contribution >= 0.6 is 11.6 Å².